The van der Waals surface area contributed by atoms with Crippen LogP contribution in [0.4, 0.5) is 0 Å². The van der Waals surface area contributed by atoms with Crippen LogP contribution in [0.25, 0.3) is 27.6 Å². The Bertz CT molecular complexity index is 1390. The molecule has 1 aromatic carbocycles. The Morgan fingerprint density at radius 1 is 1.19 bits per heavy atom. The molecule has 0 spiro atoms. The van der Waals surface area contributed by atoms with Gasteiger partial charge in [-0.1, -0.05) is 24.3 Å². The van der Waals surface area contributed by atoms with Crippen molar-refractivity contribution in [3.63, 3.8) is 0 Å². The molecule has 5 rings (SSSR count). The largest absolute Gasteiger partial charge is 0.338 e. The Balaban J connectivity index is 1.53. The lowest BCUT2D eigenvalue weighted by atomic mass is 9.88. The number of carbonyl (C=O) groups excluding carboxylic acids is 2. The molecule has 186 valence electrons. The van der Waals surface area contributed by atoms with Crippen molar-refractivity contribution in [3.8, 4) is 11.1 Å². The Kier molecular flexibility index (Phi) is 6.85. The fourth-order valence-electron chi connectivity index (χ4n) is 5.85. The number of allylic oxidation sites excluding steroid dienone is 2. The molecule has 2 aliphatic rings. The van der Waals surface area contributed by atoms with E-state index in [4.69, 9.17) is 11.6 Å². The zero-order chi connectivity index (χ0) is 25.4. The highest BCUT2D eigenvalue weighted by Gasteiger charge is 2.31. The van der Waals surface area contributed by atoms with Gasteiger partial charge in [-0.05, 0) is 80.5 Å². The number of aryl methyl sites for hydroxylation is 1. The summed E-state index contributed by atoms with van der Waals surface area (Å²) >= 11 is 6.54. The number of rotatable bonds is 7. The average Bonchev–Trinajstić information content (AvgIpc) is 3.12. The van der Waals surface area contributed by atoms with Crippen LogP contribution in [0.15, 0.2) is 49.3 Å². The Morgan fingerprint density at radius 3 is 2.72 bits per heavy atom. The van der Waals surface area contributed by atoms with Gasteiger partial charge in [0.2, 0.25) is 5.91 Å². The standard InChI is InChI=1S/C30H32ClN3O2/c1-4-28(36)33-16-21(17-33)13-24(35)18-34-20(3)29(26-14-23(31)12-19(2)30(26)34)27-15-32-11-10-25(27)22-8-6-5-7-9-22/h4,8,10-12,14-15,21H,1,5-7,9,13,16-18H2,2-3H3. The van der Waals surface area contributed by atoms with Crippen LogP contribution in [0.3, 0.4) is 0 Å². The van der Waals surface area contributed by atoms with Crippen molar-refractivity contribution in [2.75, 3.05) is 13.1 Å². The molecule has 1 fully saturated rings. The number of Topliss-reactive ketones (excluding diaryl/α,β-unsaturated/α-hetero) is 1. The fraction of sp³-hybridized carbons (Fsp3) is 0.367. The average molecular weight is 502 g/mol. The highest BCUT2D eigenvalue weighted by molar-refractivity contribution is 6.31. The number of nitrogens with zero attached hydrogens (tertiary/aromatic N) is 3. The SMILES string of the molecule is C=CC(=O)N1CC(CC(=O)Cn2c(C)c(-c3cnccc3C3=CCCCC3)c3cc(Cl)cc(C)c32)C1. The molecule has 0 radical (unpaired) electrons. The van der Waals surface area contributed by atoms with Gasteiger partial charge in [0.1, 0.15) is 0 Å². The molecule has 6 heteroatoms. The van der Waals surface area contributed by atoms with Crippen LogP contribution in [0, 0.1) is 19.8 Å². The van der Waals surface area contributed by atoms with Crippen molar-refractivity contribution < 1.29 is 9.59 Å². The van der Waals surface area contributed by atoms with E-state index in [0.717, 1.165) is 46.1 Å². The number of carbonyl (C=O) groups is 2. The van der Waals surface area contributed by atoms with E-state index >= 15 is 0 Å². The number of ketones is 1. The van der Waals surface area contributed by atoms with Gasteiger partial charge in [-0.3, -0.25) is 14.6 Å². The van der Waals surface area contributed by atoms with Crippen molar-refractivity contribution in [1.82, 2.24) is 14.5 Å². The smallest absolute Gasteiger partial charge is 0.245 e. The Labute approximate surface area is 217 Å². The van der Waals surface area contributed by atoms with Gasteiger partial charge in [0.15, 0.2) is 5.78 Å². The lowest BCUT2D eigenvalue weighted by Gasteiger charge is -2.38. The molecule has 1 saturated heterocycles. The summed E-state index contributed by atoms with van der Waals surface area (Å²) in [6.45, 7) is 9.23. The van der Waals surface area contributed by atoms with Crippen molar-refractivity contribution in [1.29, 1.82) is 0 Å². The molecule has 1 aliphatic carbocycles. The summed E-state index contributed by atoms with van der Waals surface area (Å²) in [5.74, 6) is 0.318. The highest BCUT2D eigenvalue weighted by Crippen LogP contribution is 2.42. The number of fused-ring (bicyclic) bond motifs is 1. The van der Waals surface area contributed by atoms with Crippen LogP contribution in [-0.4, -0.2) is 39.2 Å². The zero-order valence-corrected chi connectivity index (χ0v) is 21.8. The number of aromatic nitrogens is 2. The minimum atomic E-state index is -0.0663. The fourth-order valence-corrected chi connectivity index (χ4v) is 6.12. The molecule has 3 aromatic rings. The molecule has 0 atom stereocenters. The Hall–Kier alpha value is -3.18. The predicted octanol–water partition coefficient (Wildman–Crippen LogP) is 6.53. The summed E-state index contributed by atoms with van der Waals surface area (Å²) < 4.78 is 2.15. The minimum Gasteiger partial charge on any atom is -0.338 e. The third-order valence-corrected chi connectivity index (χ3v) is 7.81. The molecule has 36 heavy (non-hydrogen) atoms. The molecule has 1 amide bonds. The summed E-state index contributed by atoms with van der Waals surface area (Å²) in [6.07, 6.45) is 12.6. The van der Waals surface area contributed by atoms with Crippen LogP contribution in [-0.2, 0) is 16.1 Å². The molecule has 1 aliphatic heterocycles. The number of amides is 1. The third-order valence-electron chi connectivity index (χ3n) is 7.59. The summed E-state index contributed by atoms with van der Waals surface area (Å²) in [6, 6.07) is 6.10. The first-order valence-electron chi connectivity index (χ1n) is 12.7. The van der Waals surface area contributed by atoms with Gasteiger partial charge in [0.25, 0.3) is 0 Å². The van der Waals surface area contributed by atoms with E-state index in [0.29, 0.717) is 31.1 Å². The first-order chi connectivity index (χ1) is 17.4. The van der Waals surface area contributed by atoms with Gasteiger partial charge in [-0.15, -0.1) is 0 Å². The van der Waals surface area contributed by atoms with Crippen LogP contribution in [0.5, 0.6) is 0 Å². The molecular formula is C30H32ClN3O2. The van der Waals surface area contributed by atoms with Gasteiger partial charge in [0.05, 0.1) is 12.1 Å². The second kappa shape index (κ2) is 10.1. The lowest BCUT2D eigenvalue weighted by Crippen LogP contribution is -2.50. The molecule has 0 N–H and O–H groups in total. The quantitative estimate of drug-likeness (QED) is 0.345. The van der Waals surface area contributed by atoms with Gasteiger partial charge in [0, 0.05) is 65.1 Å². The van der Waals surface area contributed by atoms with Crippen LogP contribution in [0.2, 0.25) is 5.02 Å². The number of benzene rings is 1. The predicted molar refractivity (Wildman–Crippen MR) is 146 cm³/mol. The minimum absolute atomic E-state index is 0.0663. The molecule has 2 aromatic heterocycles. The monoisotopic (exact) mass is 501 g/mol. The maximum Gasteiger partial charge on any atom is 0.245 e. The van der Waals surface area contributed by atoms with Gasteiger partial charge in [-0.25, -0.2) is 0 Å². The number of hydrogen-bond donors (Lipinski definition) is 0. The summed E-state index contributed by atoms with van der Waals surface area (Å²) in [5.41, 5.74) is 7.93. The van der Waals surface area contributed by atoms with E-state index in [1.54, 1.807) is 4.90 Å². The number of likely N-dealkylation sites (tertiary alicyclic amines) is 1. The number of pyridine rings is 1. The molecule has 5 nitrogen and oxygen atoms in total. The van der Waals surface area contributed by atoms with E-state index in [1.165, 1.54) is 30.1 Å². The third kappa shape index (κ3) is 4.53. The molecule has 0 saturated carbocycles. The van der Waals surface area contributed by atoms with Crippen molar-refractivity contribution in [3.05, 3.63) is 71.2 Å². The van der Waals surface area contributed by atoms with E-state index in [9.17, 15) is 9.59 Å². The van der Waals surface area contributed by atoms with E-state index < -0.39 is 0 Å². The molecule has 3 heterocycles. The lowest BCUT2D eigenvalue weighted by molar-refractivity contribution is -0.134. The molecule has 0 unspecified atom stereocenters. The second-order valence-corrected chi connectivity index (χ2v) is 10.6. The summed E-state index contributed by atoms with van der Waals surface area (Å²) in [7, 11) is 0. The summed E-state index contributed by atoms with van der Waals surface area (Å²) in [4.78, 5) is 31.2. The maximum atomic E-state index is 13.2. The normalized spacial score (nSPS) is 16.1. The van der Waals surface area contributed by atoms with Gasteiger partial charge < -0.3 is 9.47 Å². The van der Waals surface area contributed by atoms with Crippen LogP contribution < -0.4 is 0 Å². The first kappa shape index (κ1) is 24.5. The van der Waals surface area contributed by atoms with Crippen molar-refractivity contribution in [2.24, 2.45) is 5.92 Å². The van der Waals surface area contributed by atoms with Crippen LogP contribution in [0.1, 0.15) is 48.9 Å². The van der Waals surface area contributed by atoms with Crippen molar-refractivity contribution >= 4 is 39.8 Å². The highest BCUT2D eigenvalue weighted by atomic mass is 35.5. The first-order valence-corrected chi connectivity index (χ1v) is 13.1. The zero-order valence-electron chi connectivity index (χ0n) is 21.0. The van der Waals surface area contributed by atoms with E-state index in [-0.39, 0.29) is 17.6 Å². The topological polar surface area (TPSA) is 55.2 Å². The van der Waals surface area contributed by atoms with Crippen LogP contribution >= 0.6 is 11.6 Å². The maximum absolute atomic E-state index is 13.2. The molecular weight excluding hydrogens is 470 g/mol. The Morgan fingerprint density at radius 2 is 2.00 bits per heavy atom. The van der Waals surface area contributed by atoms with E-state index in [2.05, 4.69) is 42.1 Å². The van der Waals surface area contributed by atoms with E-state index in [1.807, 2.05) is 24.5 Å². The van der Waals surface area contributed by atoms with Gasteiger partial charge >= 0.3 is 0 Å². The van der Waals surface area contributed by atoms with Gasteiger partial charge in [-0.2, -0.15) is 0 Å². The summed E-state index contributed by atoms with van der Waals surface area (Å²) in [5, 5.41) is 1.75. The second-order valence-electron chi connectivity index (χ2n) is 10.1. The molecule has 0 bridgehead atoms. The van der Waals surface area contributed by atoms with Crippen molar-refractivity contribution in [2.45, 2.75) is 52.5 Å². The number of hydrogen-bond acceptors (Lipinski definition) is 3. The number of halogens is 1.